The van der Waals surface area contributed by atoms with Crippen LogP contribution in [0.4, 0.5) is 4.39 Å². The monoisotopic (exact) mass is 289 g/mol. The zero-order valence-corrected chi connectivity index (χ0v) is 11.4. The van der Waals surface area contributed by atoms with Crippen LogP contribution >= 0.6 is 0 Å². The van der Waals surface area contributed by atoms with Gasteiger partial charge >= 0.3 is 0 Å². The fourth-order valence-electron chi connectivity index (χ4n) is 1.69. The van der Waals surface area contributed by atoms with E-state index in [1.54, 1.807) is 36.4 Å². The van der Waals surface area contributed by atoms with E-state index < -0.39 is 5.91 Å². The van der Waals surface area contributed by atoms with Gasteiger partial charge in [-0.3, -0.25) is 4.79 Å². The highest BCUT2D eigenvalue weighted by atomic mass is 19.1. The second-order valence-electron chi connectivity index (χ2n) is 4.39. The van der Waals surface area contributed by atoms with E-state index in [-0.39, 0.29) is 5.82 Å². The van der Waals surface area contributed by atoms with Crippen molar-refractivity contribution in [3.05, 3.63) is 59.9 Å². The van der Waals surface area contributed by atoms with E-state index in [1.165, 1.54) is 12.1 Å². The third kappa shape index (κ3) is 4.80. The number of ether oxygens (including phenoxy) is 2. The minimum atomic E-state index is -0.464. The Kier molecular flexibility index (Phi) is 5.15. The summed E-state index contributed by atoms with van der Waals surface area (Å²) in [4.78, 5) is 10.9. The molecule has 2 aromatic carbocycles. The van der Waals surface area contributed by atoms with Crippen molar-refractivity contribution in [2.45, 2.75) is 6.42 Å². The van der Waals surface area contributed by atoms with Crippen LogP contribution in [0.3, 0.4) is 0 Å². The molecule has 0 spiro atoms. The Bertz CT molecular complexity index is 581. The van der Waals surface area contributed by atoms with Gasteiger partial charge in [-0.15, -0.1) is 0 Å². The Morgan fingerprint density at radius 3 is 1.86 bits per heavy atom. The number of hydrogen-bond acceptors (Lipinski definition) is 3. The lowest BCUT2D eigenvalue weighted by Crippen LogP contribution is -2.10. The molecule has 0 saturated heterocycles. The molecule has 0 aromatic heterocycles. The fourth-order valence-corrected chi connectivity index (χ4v) is 1.69. The van der Waals surface area contributed by atoms with Crippen molar-refractivity contribution >= 4 is 5.91 Å². The van der Waals surface area contributed by atoms with E-state index in [1.807, 2.05) is 0 Å². The molecule has 110 valence electrons. The highest BCUT2D eigenvalue weighted by molar-refractivity contribution is 5.92. The van der Waals surface area contributed by atoms with Gasteiger partial charge in [0.2, 0.25) is 5.91 Å². The molecule has 0 atom stereocenters. The van der Waals surface area contributed by atoms with Gasteiger partial charge in [-0.2, -0.15) is 0 Å². The van der Waals surface area contributed by atoms with Crippen molar-refractivity contribution in [1.29, 1.82) is 0 Å². The van der Waals surface area contributed by atoms with Gasteiger partial charge in [-0.05, 0) is 48.5 Å². The SMILES string of the molecule is NC(=O)c1ccc(OCCCOc2ccc(F)cc2)cc1. The van der Waals surface area contributed by atoms with Gasteiger partial charge in [0.1, 0.15) is 17.3 Å². The van der Waals surface area contributed by atoms with Crippen molar-refractivity contribution in [2.75, 3.05) is 13.2 Å². The summed E-state index contributed by atoms with van der Waals surface area (Å²) in [6, 6.07) is 12.5. The molecule has 0 aliphatic rings. The Morgan fingerprint density at radius 1 is 0.905 bits per heavy atom. The summed E-state index contributed by atoms with van der Waals surface area (Å²) in [6.07, 6.45) is 0.689. The summed E-state index contributed by atoms with van der Waals surface area (Å²) in [5, 5.41) is 0. The van der Waals surface area contributed by atoms with Gasteiger partial charge in [-0.25, -0.2) is 4.39 Å². The summed E-state index contributed by atoms with van der Waals surface area (Å²) in [5.41, 5.74) is 5.59. The molecule has 0 bridgehead atoms. The number of nitrogens with two attached hydrogens (primary N) is 1. The van der Waals surface area contributed by atoms with Gasteiger partial charge in [-0.1, -0.05) is 0 Å². The lowest BCUT2D eigenvalue weighted by atomic mass is 10.2. The standard InChI is InChI=1S/C16H16FNO3/c17-13-4-8-15(9-5-13)21-11-1-10-20-14-6-2-12(3-7-14)16(18)19/h2-9H,1,10-11H2,(H2,18,19). The lowest BCUT2D eigenvalue weighted by Gasteiger charge is -2.08. The molecular formula is C16H16FNO3. The second-order valence-corrected chi connectivity index (χ2v) is 4.39. The quantitative estimate of drug-likeness (QED) is 0.797. The van der Waals surface area contributed by atoms with E-state index in [0.29, 0.717) is 36.7 Å². The third-order valence-electron chi connectivity index (χ3n) is 2.78. The van der Waals surface area contributed by atoms with Crippen molar-refractivity contribution in [2.24, 2.45) is 5.73 Å². The zero-order valence-electron chi connectivity index (χ0n) is 11.4. The van der Waals surface area contributed by atoms with E-state index in [0.717, 1.165) is 0 Å². The Balaban J connectivity index is 1.67. The van der Waals surface area contributed by atoms with Crippen LogP contribution in [-0.4, -0.2) is 19.1 Å². The largest absolute Gasteiger partial charge is 0.493 e. The second kappa shape index (κ2) is 7.28. The summed E-state index contributed by atoms with van der Waals surface area (Å²) < 4.78 is 23.6. The van der Waals surface area contributed by atoms with Crippen molar-refractivity contribution in [1.82, 2.24) is 0 Å². The Labute approximate surface area is 122 Å². The van der Waals surface area contributed by atoms with Crippen LogP contribution in [0, 0.1) is 5.82 Å². The number of primary amides is 1. The van der Waals surface area contributed by atoms with Gasteiger partial charge in [0.05, 0.1) is 13.2 Å². The van der Waals surface area contributed by atoms with E-state index >= 15 is 0 Å². The first-order valence-electron chi connectivity index (χ1n) is 6.56. The number of halogens is 1. The summed E-state index contributed by atoms with van der Waals surface area (Å²) in [7, 11) is 0. The minimum Gasteiger partial charge on any atom is -0.493 e. The number of benzene rings is 2. The van der Waals surface area contributed by atoms with Crippen LogP contribution in [0.5, 0.6) is 11.5 Å². The smallest absolute Gasteiger partial charge is 0.248 e. The van der Waals surface area contributed by atoms with Gasteiger partial charge < -0.3 is 15.2 Å². The van der Waals surface area contributed by atoms with Gasteiger partial charge in [0.15, 0.2) is 0 Å². The zero-order chi connectivity index (χ0) is 15.1. The van der Waals surface area contributed by atoms with Crippen molar-refractivity contribution < 1.29 is 18.7 Å². The predicted octanol–water partition coefficient (Wildman–Crippen LogP) is 2.77. The molecule has 4 nitrogen and oxygen atoms in total. The average Bonchev–Trinajstić information content (AvgIpc) is 2.49. The lowest BCUT2D eigenvalue weighted by molar-refractivity contribution is 0.100. The number of carbonyl (C=O) groups excluding carboxylic acids is 1. The molecule has 0 heterocycles. The molecule has 0 fully saturated rings. The first-order chi connectivity index (χ1) is 10.1. The molecule has 0 unspecified atom stereocenters. The molecule has 2 rings (SSSR count). The highest BCUT2D eigenvalue weighted by Crippen LogP contribution is 2.13. The first-order valence-corrected chi connectivity index (χ1v) is 6.56. The third-order valence-corrected chi connectivity index (χ3v) is 2.78. The van der Waals surface area contributed by atoms with E-state index in [9.17, 15) is 9.18 Å². The first kappa shape index (κ1) is 14.8. The number of rotatable bonds is 7. The molecule has 0 radical (unpaired) electrons. The molecule has 21 heavy (non-hydrogen) atoms. The maximum Gasteiger partial charge on any atom is 0.248 e. The van der Waals surface area contributed by atoms with Gasteiger partial charge in [0, 0.05) is 12.0 Å². The minimum absolute atomic E-state index is 0.287. The van der Waals surface area contributed by atoms with Crippen LogP contribution < -0.4 is 15.2 Å². The van der Waals surface area contributed by atoms with Gasteiger partial charge in [0.25, 0.3) is 0 Å². The fraction of sp³-hybridized carbons (Fsp3) is 0.188. The predicted molar refractivity (Wildman–Crippen MR) is 77.0 cm³/mol. The van der Waals surface area contributed by atoms with E-state index in [4.69, 9.17) is 15.2 Å². The maximum atomic E-state index is 12.7. The van der Waals surface area contributed by atoms with Crippen molar-refractivity contribution in [3.8, 4) is 11.5 Å². The highest BCUT2D eigenvalue weighted by Gasteiger charge is 2.00. The number of hydrogen-bond donors (Lipinski definition) is 1. The van der Waals surface area contributed by atoms with Crippen molar-refractivity contribution in [3.63, 3.8) is 0 Å². The van der Waals surface area contributed by atoms with Crippen LogP contribution in [-0.2, 0) is 0 Å². The van der Waals surface area contributed by atoms with E-state index in [2.05, 4.69) is 0 Å². The molecule has 1 amide bonds. The molecule has 2 N–H and O–H groups in total. The Morgan fingerprint density at radius 2 is 1.38 bits per heavy atom. The van der Waals surface area contributed by atoms with Crippen LogP contribution in [0.2, 0.25) is 0 Å². The Hall–Kier alpha value is -2.56. The molecule has 5 heteroatoms. The molecule has 0 aliphatic heterocycles. The van der Waals surface area contributed by atoms with Crippen LogP contribution in [0.25, 0.3) is 0 Å². The van der Waals surface area contributed by atoms with Crippen LogP contribution in [0.1, 0.15) is 16.8 Å². The summed E-state index contributed by atoms with van der Waals surface area (Å²) >= 11 is 0. The normalized spacial score (nSPS) is 10.1. The molecule has 2 aromatic rings. The molecule has 0 saturated carbocycles. The maximum absolute atomic E-state index is 12.7. The number of amides is 1. The molecular weight excluding hydrogens is 273 g/mol. The van der Waals surface area contributed by atoms with Crippen LogP contribution in [0.15, 0.2) is 48.5 Å². The summed E-state index contributed by atoms with van der Waals surface area (Å²) in [5.74, 6) is 0.545. The topological polar surface area (TPSA) is 61.6 Å². The number of carbonyl (C=O) groups is 1. The molecule has 0 aliphatic carbocycles. The summed E-state index contributed by atoms with van der Waals surface area (Å²) in [6.45, 7) is 0.960. The average molecular weight is 289 g/mol.